The molecule has 1 heterocycles. The maximum absolute atomic E-state index is 15.4. The van der Waals surface area contributed by atoms with Crippen LogP contribution in [-0.2, 0) is 6.42 Å². The van der Waals surface area contributed by atoms with Crippen molar-refractivity contribution in [2.45, 2.75) is 25.3 Å². The zero-order chi connectivity index (χ0) is 22.2. The van der Waals surface area contributed by atoms with Crippen LogP contribution in [0.3, 0.4) is 0 Å². The van der Waals surface area contributed by atoms with E-state index >= 15 is 4.39 Å². The van der Waals surface area contributed by atoms with Crippen molar-refractivity contribution < 1.29 is 8.78 Å². The number of hydrogen-bond donors (Lipinski definition) is 2. The Balaban J connectivity index is 1.39. The van der Waals surface area contributed by atoms with Gasteiger partial charge in [-0.3, -0.25) is 4.79 Å². The van der Waals surface area contributed by atoms with E-state index in [9.17, 15) is 9.18 Å². The van der Waals surface area contributed by atoms with Gasteiger partial charge < -0.3 is 15.6 Å². The number of nitrogen functional groups attached to an aromatic ring is 1. The fourth-order valence-corrected chi connectivity index (χ4v) is 4.13. The van der Waals surface area contributed by atoms with Crippen LogP contribution in [0, 0.1) is 11.6 Å². The first-order valence-corrected chi connectivity index (χ1v) is 10.7. The topological polar surface area (TPSA) is 60.0 Å². The summed E-state index contributed by atoms with van der Waals surface area (Å²) in [6, 6.07) is 19.6. The first-order chi connectivity index (χ1) is 15.5. The highest BCUT2D eigenvalue weighted by Crippen LogP contribution is 2.40. The summed E-state index contributed by atoms with van der Waals surface area (Å²) in [6.45, 7) is 0.323. The van der Waals surface area contributed by atoms with Gasteiger partial charge in [-0.25, -0.2) is 8.78 Å². The Kier molecular flexibility index (Phi) is 5.13. The third kappa shape index (κ3) is 3.62. The van der Waals surface area contributed by atoms with Crippen LogP contribution in [0.1, 0.15) is 24.4 Å². The minimum absolute atomic E-state index is 0.0774. The molecule has 1 aromatic heterocycles. The molecule has 0 spiro atoms. The molecule has 0 bridgehead atoms. The van der Waals surface area contributed by atoms with Gasteiger partial charge in [0.25, 0.3) is 0 Å². The summed E-state index contributed by atoms with van der Waals surface area (Å²) in [4.78, 5) is 12.3. The first-order valence-electron chi connectivity index (χ1n) is 10.7. The number of nitrogens with two attached hydrogens (primary N) is 1. The van der Waals surface area contributed by atoms with Crippen molar-refractivity contribution in [3.05, 3.63) is 94.3 Å². The zero-order valence-corrected chi connectivity index (χ0v) is 17.4. The van der Waals surface area contributed by atoms with Crippen molar-refractivity contribution in [3.8, 4) is 11.1 Å². The Morgan fingerprint density at radius 3 is 2.31 bits per heavy atom. The van der Waals surface area contributed by atoms with Crippen LogP contribution in [0.5, 0.6) is 0 Å². The molecule has 6 heteroatoms. The Labute approximate surface area is 184 Å². The molecule has 1 aliphatic rings. The van der Waals surface area contributed by atoms with Crippen molar-refractivity contribution in [2.75, 3.05) is 17.6 Å². The summed E-state index contributed by atoms with van der Waals surface area (Å²) in [5.74, 6) is -1.68. The molecule has 3 N–H and O–H groups in total. The van der Waals surface area contributed by atoms with Gasteiger partial charge in [0.15, 0.2) is 17.1 Å². The second-order valence-corrected chi connectivity index (χ2v) is 8.20. The van der Waals surface area contributed by atoms with E-state index in [1.54, 1.807) is 10.8 Å². The number of nitrogens with one attached hydrogen (secondary N) is 1. The Hall–Kier alpha value is -3.67. The van der Waals surface area contributed by atoms with Crippen LogP contribution in [0.25, 0.3) is 22.0 Å². The monoisotopic (exact) mass is 431 g/mol. The Bertz CT molecular complexity index is 1340. The number of aromatic nitrogens is 1. The summed E-state index contributed by atoms with van der Waals surface area (Å²) < 4.78 is 32.0. The second-order valence-electron chi connectivity index (χ2n) is 8.20. The van der Waals surface area contributed by atoms with Crippen LogP contribution in [0.15, 0.2) is 71.7 Å². The molecular formula is C26H23F2N3O. The molecule has 0 radical (unpaired) electrons. The number of pyridine rings is 1. The summed E-state index contributed by atoms with van der Waals surface area (Å²) in [5, 5.41) is 2.78. The molecule has 0 unspecified atom stereocenters. The lowest BCUT2D eigenvalue weighted by Gasteiger charge is -2.17. The molecule has 3 aromatic carbocycles. The predicted octanol–water partition coefficient (Wildman–Crippen LogP) is 5.52. The van der Waals surface area contributed by atoms with Gasteiger partial charge >= 0.3 is 0 Å². The molecule has 162 valence electrons. The average molecular weight is 431 g/mol. The van der Waals surface area contributed by atoms with Crippen LogP contribution < -0.4 is 16.5 Å². The zero-order valence-electron chi connectivity index (χ0n) is 17.4. The van der Waals surface area contributed by atoms with Crippen LogP contribution in [0.4, 0.5) is 20.2 Å². The van der Waals surface area contributed by atoms with Crippen LogP contribution in [-0.4, -0.2) is 11.1 Å². The van der Waals surface area contributed by atoms with Crippen LogP contribution in [0.2, 0.25) is 0 Å². The van der Waals surface area contributed by atoms with E-state index in [0.717, 1.165) is 29.5 Å². The van der Waals surface area contributed by atoms with Crippen LogP contribution >= 0.6 is 0 Å². The summed E-state index contributed by atoms with van der Waals surface area (Å²) >= 11 is 0. The van der Waals surface area contributed by atoms with Gasteiger partial charge in [-0.05, 0) is 36.0 Å². The molecule has 0 atom stereocenters. The average Bonchev–Trinajstić information content (AvgIpc) is 3.66. The lowest BCUT2D eigenvalue weighted by Crippen LogP contribution is -2.16. The SMILES string of the molecule is Nc1c(F)c(NCCc2ccc(-c3ccccc3)cc2)c(F)c2c1c(=O)ccn2C1CC1. The Morgan fingerprint density at radius 2 is 1.62 bits per heavy atom. The van der Waals surface area contributed by atoms with E-state index in [1.165, 1.54) is 6.07 Å². The fraction of sp³-hybridized carbons (Fsp3) is 0.192. The molecule has 4 nitrogen and oxygen atoms in total. The van der Waals surface area contributed by atoms with Gasteiger partial charge in [0, 0.05) is 24.8 Å². The molecule has 5 rings (SSSR count). The number of rotatable bonds is 6. The largest absolute Gasteiger partial charge is 0.396 e. The van der Waals surface area contributed by atoms with E-state index in [1.807, 2.05) is 54.6 Å². The summed E-state index contributed by atoms with van der Waals surface area (Å²) in [6.07, 6.45) is 3.95. The molecule has 1 saturated carbocycles. The predicted molar refractivity (Wildman–Crippen MR) is 125 cm³/mol. The van der Waals surface area contributed by atoms with Crippen molar-refractivity contribution in [1.29, 1.82) is 0 Å². The third-order valence-electron chi connectivity index (χ3n) is 6.00. The normalized spacial score (nSPS) is 13.4. The second kappa shape index (κ2) is 8.11. The molecule has 32 heavy (non-hydrogen) atoms. The maximum Gasteiger partial charge on any atom is 0.191 e. The number of fused-ring (bicyclic) bond motifs is 1. The number of anilines is 2. The van der Waals surface area contributed by atoms with Crippen molar-refractivity contribution in [3.63, 3.8) is 0 Å². The minimum Gasteiger partial charge on any atom is -0.396 e. The standard InChI is InChI=1S/C26H23F2N3O/c27-22-24(29)21-20(32)13-15-31(19-10-11-19)26(21)23(28)25(22)30-14-12-16-6-8-18(9-7-16)17-4-2-1-3-5-17/h1-9,13,15,19,30H,10-12,14,29H2. The van der Waals surface area contributed by atoms with Gasteiger partial charge in [0.1, 0.15) is 5.69 Å². The summed E-state index contributed by atoms with van der Waals surface area (Å²) in [5.41, 5.74) is 8.24. The highest BCUT2D eigenvalue weighted by atomic mass is 19.1. The summed E-state index contributed by atoms with van der Waals surface area (Å²) in [7, 11) is 0. The Morgan fingerprint density at radius 1 is 0.938 bits per heavy atom. The minimum atomic E-state index is -0.917. The molecule has 0 saturated heterocycles. The molecule has 1 fully saturated rings. The number of nitrogens with zero attached hydrogens (tertiary/aromatic N) is 1. The van der Waals surface area contributed by atoms with Gasteiger partial charge in [0.2, 0.25) is 0 Å². The van der Waals surface area contributed by atoms with E-state index in [0.29, 0.717) is 13.0 Å². The van der Waals surface area contributed by atoms with Gasteiger partial charge in [-0.15, -0.1) is 0 Å². The van der Waals surface area contributed by atoms with E-state index < -0.39 is 17.1 Å². The lowest BCUT2D eigenvalue weighted by molar-refractivity contribution is 0.590. The fourth-order valence-electron chi connectivity index (χ4n) is 4.13. The van der Waals surface area contributed by atoms with Crippen molar-refractivity contribution in [1.82, 2.24) is 4.57 Å². The molecule has 1 aliphatic carbocycles. The highest BCUT2D eigenvalue weighted by Gasteiger charge is 2.29. The molecule has 0 aliphatic heterocycles. The molecular weight excluding hydrogens is 408 g/mol. The van der Waals surface area contributed by atoms with E-state index in [-0.39, 0.29) is 28.3 Å². The lowest BCUT2D eigenvalue weighted by atomic mass is 10.0. The molecule has 0 amide bonds. The third-order valence-corrected chi connectivity index (χ3v) is 6.00. The van der Waals surface area contributed by atoms with Crippen molar-refractivity contribution >= 4 is 22.3 Å². The molecule has 4 aromatic rings. The first kappa shape index (κ1) is 20.2. The van der Waals surface area contributed by atoms with Gasteiger partial charge in [-0.2, -0.15) is 0 Å². The van der Waals surface area contributed by atoms with Gasteiger partial charge in [-0.1, -0.05) is 54.6 Å². The maximum atomic E-state index is 15.4. The van der Waals surface area contributed by atoms with Gasteiger partial charge in [0.05, 0.1) is 16.6 Å². The van der Waals surface area contributed by atoms with E-state index in [2.05, 4.69) is 5.32 Å². The number of benzene rings is 3. The smallest absolute Gasteiger partial charge is 0.191 e. The van der Waals surface area contributed by atoms with E-state index in [4.69, 9.17) is 5.73 Å². The highest BCUT2D eigenvalue weighted by molar-refractivity contribution is 5.95. The number of halogens is 2. The number of hydrogen-bond acceptors (Lipinski definition) is 3. The van der Waals surface area contributed by atoms with Crippen molar-refractivity contribution in [2.24, 2.45) is 0 Å². The quantitative estimate of drug-likeness (QED) is 0.395.